The van der Waals surface area contributed by atoms with E-state index in [2.05, 4.69) is 10.2 Å². The summed E-state index contributed by atoms with van der Waals surface area (Å²) >= 11 is 0. The van der Waals surface area contributed by atoms with E-state index < -0.39 is 5.60 Å². The predicted octanol–water partition coefficient (Wildman–Crippen LogP) is 3.72. The highest BCUT2D eigenvalue weighted by molar-refractivity contribution is 5.92. The van der Waals surface area contributed by atoms with Crippen LogP contribution in [0.25, 0.3) is 0 Å². The Morgan fingerprint density at radius 1 is 1.12 bits per heavy atom. The monoisotopic (exact) mass is 440 g/mol. The molecule has 0 radical (unpaired) electrons. The highest BCUT2D eigenvalue weighted by Gasteiger charge is 2.49. The van der Waals surface area contributed by atoms with Crippen LogP contribution in [0.1, 0.15) is 43.7 Å². The summed E-state index contributed by atoms with van der Waals surface area (Å²) in [5.41, 5.74) is 0.934. The van der Waals surface area contributed by atoms with E-state index in [-0.39, 0.29) is 30.2 Å². The number of nitrogens with zero attached hydrogens (tertiary/aromatic N) is 1. The van der Waals surface area contributed by atoms with Gasteiger partial charge in [0.05, 0.1) is 26.4 Å². The van der Waals surface area contributed by atoms with Gasteiger partial charge in [-0.3, -0.25) is 9.69 Å². The number of amides is 1. The van der Waals surface area contributed by atoms with E-state index in [1.165, 1.54) is 7.11 Å². The molecule has 3 N–H and O–H groups in total. The molecule has 7 heteroatoms. The normalized spacial score (nSPS) is 25.6. The molecule has 1 saturated carbocycles. The maximum atomic E-state index is 12.9. The summed E-state index contributed by atoms with van der Waals surface area (Å²) in [5.74, 6) is 1.13. The van der Waals surface area contributed by atoms with Gasteiger partial charge in [0.15, 0.2) is 11.5 Å². The van der Waals surface area contributed by atoms with Crippen molar-refractivity contribution < 1.29 is 24.5 Å². The third-order valence-corrected chi connectivity index (χ3v) is 6.94. The number of benzene rings is 2. The fraction of sp³-hybridized carbons (Fsp3) is 0.480. The standard InChI is InChI=1S/C25H32N2O5/c1-31-19-9-7-18(8-10-19)26-23(29)16-27-14-13-25(30)12-4-3-5-20(25)24(27)17-6-11-21(28)22(15-17)32-2/h6-11,15,20,24,28,30H,3-5,12-14,16H2,1-2H3,(H,26,29)/t20-,24+,25-/m1/s1. The summed E-state index contributed by atoms with van der Waals surface area (Å²) in [6.07, 6.45) is 4.43. The molecule has 1 saturated heterocycles. The van der Waals surface area contributed by atoms with Crippen LogP contribution in [0, 0.1) is 5.92 Å². The Balaban J connectivity index is 1.58. The van der Waals surface area contributed by atoms with Crippen molar-refractivity contribution >= 4 is 11.6 Å². The molecule has 0 spiro atoms. The Morgan fingerprint density at radius 2 is 1.91 bits per heavy atom. The summed E-state index contributed by atoms with van der Waals surface area (Å²) in [6.45, 7) is 0.837. The molecule has 3 atom stereocenters. The molecule has 0 unspecified atom stereocenters. The van der Waals surface area contributed by atoms with Gasteiger partial charge >= 0.3 is 0 Å². The number of nitrogens with one attached hydrogen (secondary N) is 1. The first-order valence-corrected chi connectivity index (χ1v) is 11.2. The molecule has 0 bridgehead atoms. The van der Waals surface area contributed by atoms with Gasteiger partial charge in [-0.25, -0.2) is 0 Å². The van der Waals surface area contributed by atoms with Gasteiger partial charge in [-0.2, -0.15) is 0 Å². The molecule has 2 aromatic carbocycles. The number of aliphatic hydroxyl groups is 1. The van der Waals surface area contributed by atoms with Crippen molar-refractivity contribution in [1.29, 1.82) is 0 Å². The number of likely N-dealkylation sites (tertiary alicyclic amines) is 1. The van der Waals surface area contributed by atoms with Gasteiger partial charge in [-0.05, 0) is 61.2 Å². The Bertz CT molecular complexity index is 948. The van der Waals surface area contributed by atoms with Crippen molar-refractivity contribution in [2.45, 2.75) is 43.7 Å². The van der Waals surface area contributed by atoms with Crippen LogP contribution >= 0.6 is 0 Å². The summed E-state index contributed by atoms with van der Waals surface area (Å²) in [5, 5.41) is 24.5. The second-order valence-electron chi connectivity index (χ2n) is 8.83. The van der Waals surface area contributed by atoms with Crippen molar-refractivity contribution in [3.8, 4) is 17.2 Å². The van der Waals surface area contributed by atoms with Crippen LogP contribution < -0.4 is 14.8 Å². The number of carbonyl (C=O) groups excluding carboxylic acids is 1. The van der Waals surface area contributed by atoms with Crippen molar-refractivity contribution in [3.63, 3.8) is 0 Å². The lowest BCUT2D eigenvalue weighted by atomic mass is 9.66. The molecule has 1 amide bonds. The summed E-state index contributed by atoms with van der Waals surface area (Å²) in [7, 11) is 3.13. The van der Waals surface area contributed by atoms with E-state index in [0.29, 0.717) is 24.4 Å². The zero-order valence-corrected chi connectivity index (χ0v) is 18.7. The number of fused-ring (bicyclic) bond motifs is 1. The van der Waals surface area contributed by atoms with E-state index in [4.69, 9.17) is 9.47 Å². The van der Waals surface area contributed by atoms with E-state index in [1.807, 2.05) is 36.4 Å². The van der Waals surface area contributed by atoms with E-state index >= 15 is 0 Å². The number of hydrogen-bond donors (Lipinski definition) is 3. The molecular weight excluding hydrogens is 408 g/mol. The van der Waals surface area contributed by atoms with Crippen LogP contribution in [0.4, 0.5) is 5.69 Å². The minimum Gasteiger partial charge on any atom is -0.504 e. The minimum atomic E-state index is -0.725. The van der Waals surface area contributed by atoms with Gasteiger partial charge in [-0.1, -0.05) is 18.9 Å². The van der Waals surface area contributed by atoms with E-state index in [0.717, 1.165) is 37.0 Å². The molecule has 7 nitrogen and oxygen atoms in total. The molecule has 1 aliphatic carbocycles. The van der Waals surface area contributed by atoms with Crippen molar-refractivity contribution in [2.75, 3.05) is 32.6 Å². The fourth-order valence-electron chi connectivity index (χ4n) is 5.30. The van der Waals surface area contributed by atoms with Crippen LogP contribution in [0.2, 0.25) is 0 Å². The number of carbonyl (C=O) groups is 1. The van der Waals surface area contributed by atoms with Crippen molar-refractivity contribution in [3.05, 3.63) is 48.0 Å². The van der Waals surface area contributed by atoms with Crippen molar-refractivity contribution in [2.24, 2.45) is 5.92 Å². The minimum absolute atomic E-state index is 0.0213. The van der Waals surface area contributed by atoms with Gasteiger partial charge in [0.25, 0.3) is 0 Å². The van der Waals surface area contributed by atoms with Gasteiger partial charge in [0.1, 0.15) is 5.75 Å². The summed E-state index contributed by atoms with van der Waals surface area (Å²) in [6, 6.07) is 12.4. The highest BCUT2D eigenvalue weighted by atomic mass is 16.5. The first-order valence-electron chi connectivity index (χ1n) is 11.2. The largest absolute Gasteiger partial charge is 0.504 e. The van der Waals surface area contributed by atoms with Crippen LogP contribution in [0.5, 0.6) is 17.2 Å². The third-order valence-electron chi connectivity index (χ3n) is 6.94. The van der Waals surface area contributed by atoms with E-state index in [1.54, 1.807) is 13.2 Å². The number of ether oxygens (including phenoxy) is 2. The number of methoxy groups -OCH3 is 2. The third kappa shape index (κ3) is 4.54. The number of phenols is 1. The maximum absolute atomic E-state index is 12.9. The predicted molar refractivity (Wildman–Crippen MR) is 122 cm³/mol. The second-order valence-corrected chi connectivity index (χ2v) is 8.83. The Hall–Kier alpha value is -2.77. The zero-order chi connectivity index (χ0) is 22.7. The van der Waals surface area contributed by atoms with Crippen LogP contribution in [-0.2, 0) is 4.79 Å². The number of anilines is 1. The molecule has 32 heavy (non-hydrogen) atoms. The quantitative estimate of drug-likeness (QED) is 0.634. The second kappa shape index (κ2) is 9.38. The molecular formula is C25H32N2O5. The van der Waals surface area contributed by atoms with Gasteiger partial charge in [-0.15, -0.1) is 0 Å². The first-order chi connectivity index (χ1) is 15.4. The lowest BCUT2D eigenvalue weighted by molar-refractivity contribution is -0.135. The number of rotatable bonds is 6. The zero-order valence-electron chi connectivity index (χ0n) is 18.7. The smallest absolute Gasteiger partial charge is 0.238 e. The summed E-state index contributed by atoms with van der Waals surface area (Å²) in [4.78, 5) is 15.1. The van der Waals surface area contributed by atoms with Gasteiger partial charge < -0.3 is 25.0 Å². The molecule has 172 valence electrons. The Kier molecular flexibility index (Phi) is 6.58. The van der Waals surface area contributed by atoms with Gasteiger partial charge in [0, 0.05) is 24.2 Å². The van der Waals surface area contributed by atoms with Gasteiger partial charge in [0.2, 0.25) is 5.91 Å². The van der Waals surface area contributed by atoms with Crippen LogP contribution in [0.15, 0.2) is 42.5 Å². The Labute approximate surface area is 189 Å². The average molecular weight is 441 g/mol. The fourth-order valence-corrected chi connectivity index (χ4v) is 5.30. The first kappa shape index (κ1) is 22.4. The van der Waals surface area contributed by atoms with E-state index in [9.17, 15) is 15.0 Å². The maximum Gasteiger partial charge on any atom is 0.238 e. The lowest BCUT2D eigenvalue weighted by Crippen LogP contribution is -2.56. The number of aromatic hydroxyl groups is 1. The molecule has 0 aromatic heterocycles. The summed E-state index contributed by atoms with van der Waals surface area (Å²) < 4.78 is 10.5. The topological polar surface area (TPSA) is 91.3 Å². The number of piperidine rings is 1. The molecule has 1 heterocycles. The molecule has 4 rings (SSSR count). The van der Waals surface area contributed by atoms with Crippen molar-refractivity contribution in [1.82, 2.24) is 4.90 Å². The van der Waals surface area contributed by atoms with Crippen LogP contribution in [-0.4, -0.2) is 53.9 Å². The number of hydrogen-bond acceptors (Lipinski definition) is 6. The molecule has 2 fully saturated rings. The molecule has 1 aliphatic heterocycles. The lowest BCUT2D eigenvalue weighted by Gasteiger charge is -2.52. The average Bonchev–Trinajstić information content (AvgIpc) is 2.80. The SMILES string of the molecule is COc1ccc(NC(=O)CN2CC[C@]3(O)CCCC[C@@H]3[C@@H]2c2ccc(O)c(OC)c2)cc1. The highest BCUT2D eigenvalue weighted by Crippen LogP contribution is 2.50. The van der Waals surface area contributed by atoms with Crippen LogP contribution in [0.3, 0.4) is 0 Å². The number of phenolic OH excluding ortho intramolecular Hbond substituents is 1. The Morgan fingerprint density at radius 3 is 2.62 bits per heavy atom. The molecule has 2 aliphatic rings. The molecule has 2 aromatic rings.